The first-order valence-electron chi connectivity index (χ1n) is 11.2. The molecule has 178 valence electrons. The summed E-state index contributed by atoms with van der Waals surface area (Å²) in [5.74, 6) is -0.856. The fraction of sp³-hybridized carbons (Fsp3) is 0.417. The normalized spacial score (nSPS) is 15.6. The first-order chi connectivity index (χ1) is 15.9. The fourth-order valence-electron chi connectivity index (χ4n) is 3.92. The van der Waals surface area contributed by atoms with E-state index in [2.05, 4.69) is 46.6 Å². The maximum absolute atomic E-state index is 12.5. The van der Waals surface area contributed by atoms with Crippen molar-refractivity contribution < 1.29 is 19.9 Å². The van der Waals surface area contributed by atoms with Gasteiger partial charge in [0.25, 0.3) is 5.91 Å². The van der Waals surface area contributed by atoms with Crippen LogP contribution in [0.3, 0.4) is 0 Å². The predicted octanol–water partition coefficient (Wildman–Crippen LogP) is 1.53. The molecule has 1 saturated heterocycles. The van der Waals surface area contributed by atoms with Gasteiger partial charge in [-0.2, -0.15) is 0 Å². The minimum Gasteiger partial charge on any atom is -0.399 e. The Morgan fingerprint density at radius 2 is 1.52 bits per heavy atom. The first-order valence-corrected chi connectivity index (χ1v) is 11.2. The topological polar surface area (TPSA) is 131 Å². The van der Waals surface area contributed by atoms with Crippen molar-refractivity contribution in [1.82, 2.24) is 15.7 Å². The molecule has 0 radical (unpaired) electrons. The minimum atomic E-state index is -1.21. The Morgan fingerprint density at radius 3 is 2.03 bits per heavy atom. The van der Waals surface area contributed by atoms with Crippen LogP contribution in [0.15, 0.2) is 48.5 Å². The largest absolute Gasteiger partial charge is 0.399 e. The number of nitrogens with two attached hydrogens (primary N) is 1. The summed E-state index contributed by atoms with van der Waals surface area (Å²) in [6.45, 7) is 3.68. The first kappa shape index (κ1) is 24.3. The summed E-state index contributed by atoms with van der Waals surface area (Å²) < 4.78 is 0. The van der Waals surface area contributed by atoms with Gasteiger partial charge in [-0.15, -0.1) is 0 Å². The van der Waals surface area contributed by atoms with Crippen molar-refractivity contribution in [3.05, 3.63) is 59.7 Å². The van der Waals surface area contributed by atoms with Crippen LogP contribution in [0.2, 0.25) is 0 Å². The van der Waals surface area contributed by atoms with E-state index < -0.39 is 24.1 Å². The molecule has 0 unspecified atom stereocenters. The van der Waals surface area contributed by atoms with Crippen molar-refractivity contribution in [3.63, 3.8) is 0 Å². The summed E-state index contributed by atoms with van der Waals surface area (Å²) in [6.07, 6.45) is 1.96. The quantitative estimate of drug-likeness (QED) is 0.233. The van der Waals surface area contributed by atoms with Gasteiger partial charge in [0.15, 0.2) is 0 Å². The van der Waals surface area contributed by atoms with Crippen LogP contribution in [-0.4, -0.2) is 65.5 Å². The maximum Gasteiger partial charge on any atom is 0.318 e. The summed E-state index contributed by atoms with van der Waals surface area (Å²) in [5, 5.41) is 20.9. The van der Waals surface area contributed by atoms with Gasteiger partial charge < -0.3 is 26.0 Å². The van der Waals surface area contributed by atoms with E-state index in [0.29, 0.717) is 26.2 Å². The molecule has 1 aliphatic heterocycles. The molecule has 6 N–H and O–H groups in total. The lowest BCUT2D eigenvalue weighted by Gasteiger charge is -2.36. The highest BCUT2D eigenvalue weighted by Gasteiger charge is 2.29. The number of rotatable bonds is 8. The van der Waals surface area contributed by atoms with Crippen molar-refractivity contribution >= 4 is 23.3 Å². The van der Waals surface area contributed by atoms with Gasteiger partial charge in [-0.25, -0.2) is 10.3 Å². The highest BCUT2D eigenvalue weighted by atomic mass is 16.5. The Balaban J connectivity index is 1.45. The zero-order valence-corrected chi connectivity index (χ0v) is 18.9. The number of amides is 3. The fourth-order valence-corrected chi connectivity index (χ4v) is 3.92. The van der Waals surface area contributed by atoms with Gasteiger partial charge in [-0.3, -0.25) is 10.0 Å². The third-order valence-corrected chi connectivity index (χ3v) is 5.93. The number of hydrogen-bond donors (Lipinski definition) is 5. The number of benzene rings is 2. The number of nitrogens with one attached hydrogen (secondary N) is 2. The molecule has 0 aliphatic carbocycles. The molecule has 1 fully saturated rings. The average molecular weight is 456 g/mol. The molecule has 33 heavy (non-hydrogen) atoms. The molecule has 0 bridgehead atoms. The molecule has 9 heteroatoms. The van der Waals surface area contributed by atoms with Gasteiger partial charge in [-0.05, 0) is 61.6 Å². The Hall–Kier alpha value is -3.30. The van der Waals surface area contributed by atoms with Gasteiger partial charge in [0.05, 0.1) is 6.10 Å². The van der Waals surface area contributed by atoms with E-state index in [1.54, 1.807) is 4.90 Å². The van der Waals surface area contributed by atoms with E-state index in [1.165, 1.54) is 23.5 Å². The summed E-state index contributed by atoms with van der Waals surface area (Å²) in [6, 6.07) is 14.9. The van der Waals surface area contributed by atoms with Crippen LogP contribution in [0.1, 0.15) is 24.5 Å². The summed E-state index contributed by atoms with van der Waals surface area (Å²) >= 11 is 0. The number of hydrogen-bond acceptors (Lipinski definition) is 6. The molecule has 3 rings (SSSR count). The smallest absolute Gasteiger partial charge is 0.318 e. The van der Waals surface area contributed by atoms with Crippen LogP contribution in [0, 0.1) is 0 Å². The molecule has 0 saturated carbocycles. The van der Waals surface area contributed by atoms with Gasteiger partial charge in [0.2, 0.25) is 0 Å². The second kappa shape index (κ2) is 11.5. The lowest BCUT2D eigenvalue weighted by atomic mass is 10.0. The number of anilines is 2. The van der Waals surface area contributed by atoms with Crippen molar-refractivity contribution in [2.75, 3.05) is 36.8 Å². The van der Waals surface area contributed by atoms with Crippen molar-refractivity contribution in [1.29, 1.82) is 0 Å². The SMILES string of the molecule is C[C@@H](O)[C@H](NC(=O)N1CCN(c2ccc(CCCc3ccc(N)cc3)cc2)CC1)C(=O)NO. The highest BCUT2D eigenvalue weighted by molar-refractivity contribution is 5.87. The van der Waals surface area contributed by atoms with E-state index in [1.807, 2.05) is 12.1 Å². The Bertz CT molecular complexity index is 909. The number of carbonyl (C=O) groups excluding carboxylic acids is 2. The zero-order chi connectivity index (χ0) is 23.8. The van der Waals surface area contributed by atoms with Crippen molar-refractivity contribution in [2.24, 2.45) is 0 Å². The van der Waals surface area contributed by atoms with E-state index in [0.717, 1.165) is 30.6 Å². The van der Waals surface area contributed by atoms with Gasteiger partial charge in [0, 0.05) is 37.6 Å². The molecule has 2 atom stereocenters. The number of nitrogen functional groups attached to an aromatic ring is 1. The maximum atomic E-state index is 12.5. The molecule has 3 amide bonds. The second-order valence-electron chi connectivity index (χ2n) is 8.38. The molecule has 9 nitrogen and oxygen atoms in total. The number of urea groups is 1. The van der Waals surface area contributed by atoms with E-state index in [-0.39, 0.29) is 0 Å². The van der Waals surface area contributed by atoms with E-state index >= 15 is 0 Å². The summed E-state index contributed by atoms with van der Waals surface area (Å²) in [5.41, 5.74) is 11.7. The molecular weight excluding hydrogens is 422 g/mol. The Morgan fingerprint density at radius 1 is 0.970 bits per heavy atom. The average Bonchev–Trinajstić information content (AvgIpc) is 2.83. The Labute approximate surface area is 194 Å². The number of piperazine rings is 1. The van der Waals surface area contributed by atoms with Gasteiger partial charge in [0.1, 0.15) is 6.04 Å². The number of nitrogens with zero attached hydrogens (tertiary/aromatic N) is 2. The van der Waals surface area contributed by atoms with E-state index in [9.17, 15) is 14.7 Å². The standard InChI is InChI=1S/C24H33N5O4/c1-17(30)22(23(31)27-33)26-24(32)29-15-13-28(14-16-29)21-11-7-19(8-12-21)4-2-3-18-5-9-20(25)10-6-18/h5-12,17,22,30,33H,2-4,13-16,25H2,1H3,(H,26,32)(H,27,31)/t17-,22+/m1/s1. The monoisotopic (exact) mass is 455 g/mol. The summed E-state index contributed by atoms with van der Waals surface area (Å²) in [7, 11) is 0. The number of aryl methyl sites for hydroxylation is 2. The summed E-state index contributed by atoms with van der Waals surface area (Å²) in [4.78, 5) is 27.9. The van der Waals surface area contributed by atoms with Gasteiger partial charge in [-0.1, -0.05) is 24.3 Å². The molecule has 1 heterocycles. The number of carbonyl (C=O) groups is 2. The number of aliphatic hydroxyl groups is 1. The van der Waals surface area contributed by atoms with Crippen LogP contribution in [0.25, 0.3) is 0 Å². The number of aliphatic hydroxyl groups excluding tert-OH is 1. The molecule has 2 aromatic rings. The van der Waals surface area contributed by atoms with Crippen LogP contribution >= 0.6 is 0 Å². The molecule has 1 aliphatic rings. The van der Waals surface area contributed by atoms with Crippen molar-refractivity contribution in [3.8, 4) is 0 Å². The van der Waals surface area contributed by atoms with Crippen LogP contribution in [0.5, 0.6) is 0 Å². The molecule has 0 spiro atoms. The van der Waals surface area contributed by atoms with Crippen molar-refractivity contribution in [2.45, 2.75) is 38.3 Å². The lowest BCUT2D eigenvalue weighted by molar-refractivity contribution is -0.133. The third-order valence-electron chi connectivity index (χ3n) is 5.93. The minimum absolute atomic E-state index is 0.444. The van der Waals surface area contributed by atoms with Crippen LogP contribution in [-0.2, 0) is 17.6 Å². The van der Waals surface area contributed by atoms with E-state index in [4.69, 9.17) is 10.9 Å². The highest BCUT2D eigenvalue weighted by Crippen LogP contribution is 2.19. The Kier molecular flexibility index (Phi) is 8.51. The molecule has 2 aromatic carbocycles. The second-order valence-corrected chi connectivity index (χ2v) is 8.38. The lowest BCUT2D eigenvalue weighted by Crippen LogP contribution is -2.58. The van der Waals surface area contributed by atoms with Crippen LogP contribution < -0.4 is 21.4 Å². The van der Waals surface area contributed by atoms with Gasteiger partial charge >= 0.3 is 6.03 Å². The zero-order valence-electron chi connectivity index (χ0n) is 18.9. The predicted molar refractivity (Wildman–Crippen MR) is 127 cm³/mol. The number of hydroxylamine groups is 1. The third kappa shape index (κ3) is 6.84. The molecular formula is C24H33N5O4. The van der Waals surface area contributed by atoms with Crippen LogP contribution in [0.4, 0.5) is 16.2 Å². The molecule has 0 aromatic heterocycles.